The van der Waals surface area contributed by atoms with Crippen LogP contribution in [0.15, 0.2) is 0 Å². The van der Waals surface area contributed by atoms with E-state index in [4.69, 9.17) is 5.11 Å². The quantitative estimate of drug-likeness (QED) is 0.646. The summed E-state index contributed by atoms with van der Waals surface area (Å²) in [7, 11) is 0. The van der Waals surface area contributed by atoms with Crippen molar-refractivity contribution in [3.05, 3.63) is 0 Å². The molecule has 0 spiro atoms. The first-order valence-electron chi connectivity index (χ1n) is 3.67. The lowest BCUT2D eigenvalue weighted by molar-refractivity contribution is -0.138. The van der Waals surface area contributed by atoms with Gasteiger partial charge in [0.05, 0.1) is 12.5 Å². The fourth-order valence-corrected chi connectivity index (χ4v) is 2.42. The Hall–Kier alpha value is -0.220. The van der Waals surface area contributed by atoms with E-state index >= 15 is 0 Å². The number of carbonyl (C=O) groups is 1. The third-order valence-electron chi connectivity index (χ3n) is 1.87. The third kappa shape index (κ3) is 2.71. The van der Waals surface area contributed by atoms with Crippen molar-refractivity contribution in [2.24, 2.45) is 5.92 Å². The van der Waals surface area contributed by atoms with Crippen LogP contribution in [0.2, 0.25) is 0 Å². The predicted molar refractivity (Wildman–Crippen MR) is 43.7 cm³/mol. The number of aliphatic hydroxyl groups is 1. The summed E-state index contributed by atoms with van der Waals surface area (Å²) >= 11 is 1.73. The average molecular weight is 176 g/mol. The van der Waals surface area contributed by atoms with Crippen LogP contribution in [0.4, 0.5) is 0 Å². The van der Waals surface area contributed by atoms with E-state index in [0.717, 1.165) is 17.9 Å². The molecule has 0 aromatic carbocycles. The van der Waals surface area contributed by atoms with Crippen molar-refractivity contribution >= 4 is 17.7 Å². The summed E-state index contributed by atoms with van der Waals surface area (Å²) in [5.74, 6) is 0.896. The van der Waals surface area contributed by atoms with Gasteiger partial charge in [-0.3, -0.25) is 4.79 Å². The second kappa shape index (κ2) is 3.97. The minimum atomic E-state index is -0.809. The zero-order chi connectivity index (χ0) is 8.27. The number of hydrogen-bond acceptors (Lipinski definition) is 3. The maximum atomic E-state index is 10.3. The molecule has 0 radical (unpaired) electrons. The Morgan fingerprint density at radius 2 is 2.36 bits per heavy atom. The highest BCUT2D eigenvalue weighted by Gasteiger charge is 2.25. The van der Waals surface area contributed by atoms with Crippen LogP contribution >= 0.6 is 11.8 Å². The van der Waals surface area contributed by atoms with Crippen LogP contribution in [0.25, 0.3) is 0 Å². The zero-order valence-electron chi connectivity index (χ0n) is 6.19. The third-order valence-corrected chi connectivity index (χ3v) is 3.06. The minimum absolute atomic E-state index is 0.0359. The van der Waals surface area contributed by atoms with Crippen LogP contribution in [0, 0.1) is 5.92 Å². The Kier molecular flexibility index (Phi) is 3.20. The predicted octanol–water partition coefficient (Wildman–Crippen LogP) is 0.575. The molecule has 1 heterocycles. The number of carboxylic acid groups (broad SMARTS) is 1. The highest BCUT2D eigenvalue weighted by Crippen LogP contribution is 2.25. The van der Waals surface area contributed by atoms with Crippen molar-refractivity contribution in [2.45, 2.75) is 18.9 Å². The Morgan fingerprint density at radius 1 is 1.64 bits per heavy atom. The van der Waals surface area contributed by atoms with Crippen LogP contribution in [0.3, 0.4) is 0 Å². The van der Waals surface area contributed by atoms with Gasteiger partial charge in [-0.05, 0) is 17.9 Å². The highest BCUT2D eigenvalue weighted by atomic mass is 32.2. The lowest BCUT2D eigenvalue weighted by Crippen LogP contribution is -2.29. The molecule has 0 aliphatic carbocycles. The molecule has 0 amide bonds. The minimum Gasteiger partial charge on any atom is -0.481 e. The van der Waals surface area contributed by atoms with Crippen molar-refractivity contribution in [1.82, 2.24) is 0 Å². The van der Waals surface area contributed by atoms with Crippen LogP contribution in [0.5, 0.6) is 0 Å². The van der Waals surface area contributed by atoms with Gasteiger partial charge < -0.3 is 10.2 Å². The average Bonchev–Trinajstić information content (AvgIpc) is 1.93. The molecule has 64 valence electrons. The van der Waals surface area contributed by atoms with Gasteiger partial charge in [0.25, 0.3) is 0 Å². The molecule has 2 atom stereocenters. The largest absolute Gasteiger partial charge is 0.481 e. The molecule has 0 bridgehead atoms. The van der Waals surface area contributed by atoms with Crippen molar-refractivity contribution < 1.29 is 15.0 Å². The number of aliphatic hydroxyl groups excluding tert-OH is 1. The van der Waals surface area contributed by atoms with Gasteiger partial charge in [0.15, 0.2) is 0 Å². The Labute approximate surface area is 69.8 Å². The van der Waals surface area contributed by atoms with E-state index in [1.165, 1.54) is 0 Å². The molecule has 1 saturated heterocycles. The van der Waals surface area contributed by atoms with Crippen LogP contribution in [-0.4, -0.2) is 33.8 Å². The summed E-state index contributed by atoms with van der Waals surface area (Å²) in [4.78, 5) is 10.3. The topological polar surface area (TPSA) is 57.5 Å². The van der Waals surface area contributed by atoms with Crippen molar-refractivity contribution in [3.8, 4) is 0 Å². The zero-order valence-corrected chi connectivity index (χ0v) is 7.01. The normalized spacial score (nSPS) is 31.7. The van der Waals surface area contributed by atoms with E-state index in [9.17, 15) is 9.90 Å². The molecule has 1 aliphatic rings. The summed E-state index contributed by atoms with van der Waals surface area (Å²) in [5.41, 5.74) is 0. The molecule has 1 rings (SSSR count). The van der Waals surface area contributed by atoms with Crippen LogP contribution < -0.4 is 0 Å². The van der Waals surface area contributed by atoms with Gasteiger partial charge >= 0.3 is 5.97 Å². The van der Waals surface area contributed by atoms with Crippen molar-refractivity contribution in [2.75, 3.05) is 11.5 Å². The van der Waals surface area contributed by atoms with E-state index in [0.29, 0.717) is 0 Å². The number of rotatable bonds is 2. The number of hydrogen-bond donors (Lipinski definition) is 2. The summed E-state index contributed by atoms with van der Waals surface area (Å²) in [6, 6.07) is 0. The Balaban J connectivity index is 2.35. The van der Waals surface area contributed by atoms with Gasteiger partial charge in [-0.15, -0.1) is 0 Å². The van der Waals surface area contributed by atoms with E-state index in [-0.39, 0.29) is 12.3 Å². The standard InChI is InChI=1S/C7H12O3S/c8-6-1-2-11-4-5(6)3-7(9)10/h5-6,8H,1-4H2,(H,9,10)/t5-,6+/m1/s1. The molecule has 0 aromatic heterocycles. The van der Waals surface area contributed by atoms with E-state index < -0.39 is 12.1 Å². The Morgan fingerprint density at radius 3 is 2.91 bits per heavy atom. The molecular weight excluding hydrogens is 164 g/mol. The second-order valence-corrected chi connectivity index (χ2v) is 3.94. The van der Waals surface area contributed by atoms with Crippen LogP contribution in [0.1, 0.15) is 12.8 Å². The lowest BCUT2D eigenvalue weighted by Gasteiger charge is -2.25. The first-order valence-corrected chi connectivity index (χ1v) is 4.83. The first-order chi connectivity index (χ1) is 5.20. The van der Waals surface area contributed by atoms with E-state index in [1.54, 1.807) is 11.8 Å². The molecule has 1 aliphatic heterocycles. The molecule has 3 nitrogen and oxygen atoms in total. The maximum absolute atomic E-state index is 10.3. The summed E-state index contributed by atoms with van der Waals surface area (Å²) in [5, 5.41) is 17.8. The summed E-state index contributed by atoms with van der Waals surface area (Å²) in [6.07, 6.45) is 0.448. The Bertz CT molecular complexity index is 149. The number of carboxylic acids is 1. The van der Waals surface area contributed by atoms with Crippen LogP contribution in [-0.2, 0) is 4.79 Å². The first kappa shape index (κ1) is 8.87. The van der Waals surface area contributed by atoms with Gasteiger partial charge in [0, 0.05) is 5.92 Å². The summed E-state index contributed by atoms with van der Waals surface area (Å²) in [6.45, 7) is 0. The van der Waals surface area contributed by atoms with Gasteiger partial charge in [0.2, 0.25) is 0 Å². The SMILES string of the molecule is O=C(O)C[C@@H]1CSCC[C@@H]1O. The molecular formula is C7H12O3S. The van der Waals surface area contributed by atoms with Gasteiger partial charge in [-0.1, -0.05) is 0 Å². The maximum Gasteiger partial charge on any atom is 0.303 e. The summed E-state index contributed by atoms with van der Waals surface area (Å²) < 4.78 is 0. The van der Waals surface area contributed by atoms with E-state index in [1.807, 2.05) is 0 Å². The smallest absolute Gasteiger partial charge is 0.303 e. The molecule has 0 saturated carbocycles. The monoisotopic (exact) mass is 176 g/mol. The second-order valence-electron chi connectivity index (χ2n) is 2.79. The fraction of sp³-hybridized carbons (Fsp3) is 0.857. The molecule has 0 aromatic rings. The fourth-order valence-electron chi connectivity index (χ4n) is 1.20. The molecule has 0 unspecified atom stereocenters. The highest BCUT2D eigenvalue weighted by molar-refractivity contribution is 7.99. The van der Waals surface area contributed by atoms with Crippen molar-refractivity contribution in [3.63, 3.8) is 0 Å². The molecule has 1 fully saturated rings. The van der Waals surface area contributed by atoms with Gasteiger partial charge in [-0.2, -0.15) is 11.8 Å². The molecule has 4 heteroatoms. The molecule has 2 N–H and O–H groups in total. The van der Waals surface area contributed by atoms with E-state index in [2.05, 4.69) is 0 Å². The number of thioether (sulfide) groups is 1. The van der Waals surface area contributed by atoms with Crippen molar-refractivity contribution in [1.29, 1.82) is 0 Å². The van der Waals surface area contributed by atoms with Gasteiger partial charge in [-0.25, -0.2) is 0 Å². The lowest BCUT2D eigenvalue weighted by atomic mass is 9.98. The number of aliphatic carboxylic acids is 1. The molecule has 11 heavy (non-hydrogen) atoms. The van der Waals surface area contributed by atoms with Gasteiger partial charge in [0.1, 0.15) is 0 Å².